The van der Waals surface area contributed by atoms with Gasteiger partial charge in [0.15, 0.2) is 0 Å². The highest BCUT2D eigenvalue weighted by Gasteiger charge is 2.45. The van der Waals surface area contributed by atoms with Crippen LogP contribution in [0.1, 0.15) is 57.7 Å². The molecule has 3 aromatic rings. The molecule has 0 saturated heterocycles. The van der Waals surface area contributed by atoms with Gasteiger partial charge in [-0.15, -0.1) is 0 Å². The molecule has 1 aliphatic rings. The van der Waals surface area contributed by atoms with Gasteiger partial charge in [0.1, 0.15) is 24.4 Å². The van der Waals surface area contributed by atoms with Crippen molar-refractivity contribution in [2.75, 3.05) is 13.2 Å². The number of carbonyl (C=O) groups excluding carboxylic acids is 4. The van der Waals surface area contributed by atoms with E-state index < -0.39 is 35.8 Å². The summed E-state index contributed by atoms with van der Waals surface area (Å²) in [6.45, 7) is 10.2. The fourth-order valence-electron chi connectivity index (χ4n) is 5.49. The average molecular weight is 637 g/mol. The van der Waals surface area contributed by atoms with Gasteiger partial charge in [0, 0.05) is 18.4 Å². The van der Waals surface area contributed by atoms with E-state index in [1.807, 2.05) is 94.4 Å². The zero-order chi connectivity index (χ0) is 33.9. The molecule has 3 aromatic carbocycles. The summed E-state index contributed by atoms with van der Waals surface area (Å²) >= 11 is 0. The Balaban J connectivity index is 1.69. The van der Waals surface area contributed by atoms with E-state index in [2.05, 4.69) is 5.32 Å². The summed E-state index contributed by atoms with van der Waals surface area (Å²) in [5, 5.41) is 2.83. The molecular formula is C39H44N2O6. The second-order valence-electron chi connectivity index (χ2n) is 12.3. The Morgan fingerprint density at radius 1 is 0.809 bits per heavy atom. The van der Waals surface area contributed by atoms with E-state index in [9.17, 15) is 19.2 Å². The van der Waals surface area contributed by atoms with Gasteiger partial charge in [-0.3, -0.25) is 19.3 Å². The third-order valence-electron chi connectivity index (χ3n) is 7.76. The van der Waals surface area contributed by atoms with Gasteiger partial charge >= 0.3 is 5.97 Å². The first-order valence-corrected chi connectivity index (χ1v) is 16.1. The van der Waals surface area contributed by atoms with Crippen molar-refractivity contribution in [3.8, 4) is 5.75 Å². The lowest BCUT2D eigenvalue weighted by molar-refractivity contribution is -0.149. The van der Waals surface area contributed by atoms with E-state index in [0.717, 1.165) is 21.6 Å². The third kappa shape index (κ3) is 9.28. The molecule has 1 aliphatic heterocycles. The maximum Gasteiger partial charge on any atom is 0.328 e. The van der Waals surface area contributed by atoms with Crippen LogP contribution in [0.5, 0.6) is 5.75 Å². The van der Waals surface area contributed by atoms with Crippen LogP contribution in [0.2, 0.25) is 0 Å². The lowest BCUT2D eigenvalue weighted by Crippen LogP contribution is -2.55. The van der Waals surface area contributed by atoms with E-state index >= 15 is 0 Å². The molecule has 1 heterocycles. The predicted octanol–water partition coefficient (Wildman–Crippen LogP) is 6.10. The van der Waals surface area contributed by atoms with E-state index in [1.165, 1.54) is 0 Å². The van der Waals surface area contributed by atoms with Gasteiger partial charge in [-0.25, -0.2) is 4.79 Å². The summed E-state index contributed by atoms with van der Waals surface area (Å²) in [7, 11) is 0. The Labute approximate surface area is 277 Å². The van der Waals surface area contributed by atoms with Crippen LogP contribution in [-0.2, 0) is 36.8 Å². The molecule has 1 N–H and O–H groups in total. The van der Waals surface area contributed by atoms with Crippen molar-refractivity contribution >= 4 is 29.3 Å². The number of hydrogen-bond acceptors (Lipinski definition) is 6. The summed E-state index contributed by atoms with van der Waals surface area (Å²) < 4.78 is 11.1. The second kappa shape index (κ2) is 16.5. The maximum atomic E-state index is 14.3. The molecule has 0 fully saturated rings. The molecule has 0 aliphatic carbocycles. The van der Waals surface area contributed by atoms with Crippen LogP contribution in [-0.4, -0.2) is 53.9 Å². The molecule has 8 nitrogen and oxygen atoms in total. The van der Waals surface area contributed by atoms with Crippen molar-refractivity contribution in [3.63, 3.8) is 0 Å². The zero-order valence-electron chi connectivity index (χ0n) is 27.8. The number of rotatable bonds is 15. The van der Waals surface area contributed by atoms with Gasteiger partial charge < -0.3 is 14.8 Å². The predicted molar refractivity (Wildman–Crippen MR) is 182 cm³/mol. The summed E-state index contributed by atoms with van der Waals surface area (Å²) in [5.41, 5.74) is 3.94. The van der Waals surface area contributed by atoms with E-state index in [4.69, 9.17) is 9.47 Å². The first-order chi connectivity index (χ1) is 22.6. The Hall–Kier alpha value is -4.98. The van der Waals surface area contributed by atoms with Gasteiger partial charge in [0.2, 0.25) is 5.91 Å². The lowest BCUT2D eigenvalue weighted by atomic mass is 9.95. The molecule has 246 valence electrons. The molecule has 3 amide bonds. The van der Waals surface area contributed by atoms with Gasteiger partial charge in [-0.2, -0.15) is 0 Å². The standard InChI is InChI=1S/C39H44N2O6/c1-6-46-39(45)33(24-28-13-9-7-10-14-28)40-36(42)34(25-29-15-11-8-12-16-29)41-37(43)32(23-27(4)5)35(38(41)44)30-17-19-31(20-18-30)47-22-21-26(2)3/h7-21,27,33-34H,6,22-25H2,1-5H3,(H,40,42)/t33-,34?/m0/s1. The number of benzene rings is 3. The van der Waals surface area contributed by atoms with Crippen LogP contribution < -0.4 is 10.1 Å². The topological polar surface area (TPSA) is 102 Å². The van der Waals surface area contributed by atoms with E-state index in [0.29, 0.717) is 29.9 Å². The van der Waals surface area contributed by atoms with Crippen LogP contribution >= 0.6 is 0 Å². The van der Waals surface area contributed by atoms with E-state index in [1.54, 1.807) is 31.2 Å². The van der Waals surface area contributed by atoms with Gasteiger partial charge in [0.05, 0.1) is 12.2 Å². The molecule has 4 rings (SSSR count). The van der Waals surface area contributed by atoms with Crippen molar-refractivity contribution < 1.29 is 28.7 Å². The second-order valence-corrected chi connectivity index (χ2v) is 12.3. The largest absolute Gasteiger partial charge is 0.490 e. The molecule has 8 heteroatoms. The minimum Gasteiger partial charge on any atom is -0.490 e. The molecule has 1 unspecified atom stereocenters. The Bertz CT molecular complexity index is 1610. The van der Waals surface area contributed by atoms with Crippen molar-refractivity contribution in [3.05, 3.63) is 119 Å². The number of nitrogens with zero attached hydrogens (tertiary/aromatic N) is 1. The maximum absolute atomic E-state index is 14.3. The highest BCUT2D eigenvalue weighted by molar-refractivity contribution is 6.36. The Morgan fingerprint density at radius 2 is 1.40 bits per heavy atom. The molecule has 47 heavy (non-hydrogen) atoms. The SMILES string of the molecule is CCOC(=O)[C@H](Cc1ccccc1)NC(=O)C(Cc1ccccc1)N1C(=O)C(CC(C)C)=C(c2ccc(OCC=C(C)C)cc2)C1=O. The van der Waals surface area contributed by atoms with Crippen LogP contribution in [0.15, 0.2) is 102 Å². The molecule has 2 atom stereocenters. The first-order valence-electron chi connectivity index (χ1n) is 16.1. The molecule has 0 radical (unpaired) electrons. The van der Waals surface area contributed by atoms with Crippen LogP contribution in [0.3, 0.4) is 0 Å². The fraction of sp³-hybridized carbons (Fsp3) is 0.333. The molecule has 0 saturated carbocycles. The van der Waals surface area contributed by atoms with Crippen molar-refractivity contribution in [2.24, 2.45) is 5.92 Å². The number of hydrogen-bond donors (Lipinski definition) is 1. The molecule has 0 bridgehead atoms. The number of amides is 3. The summed E-state index contributed by atoms with van der Waals surface area (Å²) in [5.74, 6) is -1.55. The number of ether oxygens (including phenoxy) is 2. The normalized spacial score (nSPS) is 14.2. The lowest BCUT2D eigenvalue weighted by Gasteiger charge is -2.28. The molecule has 0 aromatic heterocycles. The summed E-state index contributed by atoms with van der Waals surface area (Å²) in [6.07, 6.45) is 2.59. The number of esters is 1. The fourth-order valence-corrected chi connectivity index (χ4v) is 5.49. The average Bonchev–Trinajstić information content (AvgIpc) is 3.28. The van der Waals surface area contributed by atoms with Gasteiger partial charge in [0.25, 0.3) is 11.8 Å². The highest BCUT2D eigenvalue weighted by Crippen LogP contribution is 2.35. The minimum atomic E-state index is -1.21. The first kappa shape index (κ1) is 34.9. The van der Waals surface area contributed by atoms with Crippen LogP contribution in [0, 0.1) is 5.92 Å². The quantitative estimate of drug-likeness (QED) is 0.123. The minimum absolute atomic E-state index is 0.0730. The number of allylic oxidation sites excluding steroid dienone is 1. The van der Waals surface area contributed by atoms with Crippen molar-refractivity contribution in [1.82, 2.24) is 10.2 Å². The monoisotopic (exact) mass is 636 g/mol. The number of carbonyl (C=O) groups is 4. The summed E-state index contributed by atoms with van der Waals surface area (Å²) in [4.78, 5) is 56.8. The Kier molecular flexibility index (Phi) is 12.3. The van der Waals surface area contributed by atoms with E-state index in [-0.39, 0.29) is 30.9 Å². The van der Waals surface area contributed by atoms with Crippen LogP contribution in [0.25, 0.3) is 5.57 Å². The number of imide groups is 1. The molecule has 0 spiro atoms. The highest BCUT2D eigenvalue weighted by atomic mass is 16.5. The van der Waals surface area contributed by atoms with Crippen molar-refractivity contribution in [2.45, 2.75) is 66.0 Å². The van der Waals surface area contributed by atoms with Gasteiger partial charge in [-0.05, 0) is 68.0 Å². The van der Waals surface area contributed by atoms with Gasteiger partial charge in [-0.1, -0.05) is 92.2 Å². The molecular weight excluding hydrogens is 592 g/mol. The smallest absolute Gasteiger partial charge is 0.328 e. The van der Waals surface area contributed by atoms with Crippen molar-refractivity contribution in [1.29, 1.82) is 0 Å². The zero-order valence-corrected chi connectivity index (χ0v) is 27.8. The number of nitrogens with one attached hydrogen (secondary N) is 1. The third-order valence-corrected chi connectivity index (χ3v) is 7.76. The Morgan fingerprint density at radius 3 is 1.96 bits per heavy atom. The van der Waals surface area contributed by atoms with Crippen LogP contribution in [0.4, 0.5) is 0 Å². The summed E-state index contributed by atoms with van der Waals surface area (Å²) in [6, 6.07) is 23.4.